The van der Waals surface area contributed by atoms with Crippen molar-refractivity contribution in [1.82, 2.24) is 5.32 Å². The molecule has 0 unspecified atom stereocenters. The van der Waals surface area contributed by atoms with Gasteiger partial charge >= 0.3 is 5.97 Å². The Labute approximate surface area is 101 Å². The van der Waals surface area contributed by atoms with Crippen LogP contribution in [0, 0.1) is 12.7 Å². The van der Waals surface area contributed by atoms with Crippen LogP contribution in [-0.4, -0.2) is 18.6 Å². The molecule has 0 fully saturated rings. The van der Waals surface area contributed by atoms with Gasteiger partial charge in [0.15, 0.2) is 0 Å². The maximum absolute atomic E-state index is 13.3. The Morgan fingerprint density at radius 3 is 2.65 bits per heavy atom. The average molecular weight is 239 g/mol. The Morgan fingerprint density at radius 2 is 2.12 bits per heavy atom. The van der Waals surface area contributed by atoms with Crippen molar-refractivity contribution < 1.29 is 13.9 Å². The van der Waals surface area contributed by atoms with Gasteiger partial charge in [-0.15, -0.1) is 0 Å². The molecule has 1 N–H and O–H groups in total. The second-order valence-corrected chi connectivity index (χ2v) is 4.55. The SMILES string of the molecule is COC(=O)C(C)(C)NCc1ccc(C)c(F)c1. The van der Waals surface area contributed by atoms with Gasteiger partial charge < -0.3 is 4.74 Å². The molecule has 1 aromatic rings. The van der Waals surface area contributed by atoms with E-state index < -0.39 is 5.54 Å². The fraction of sp³-hybridized carbons (Fsp3) is 0.462. The lowest BCUT2D eigenvalue weighted by Gasteiger charge is -2.23. The van der Waals surface area contributed by atoms with Crippen molar-refractivity contribution in [2.45, 2.75) is 32.9 Å². The first-order valence-electron chi connectivity index (χ1n) is 5.45. The van der Waals surface area contributed by atoms with E-state index in [2.05, 4.69) is 10.1 Å². The predicted molar refractivity (Wildman–Crippen MR) is 64.1 cm³/mol. The summed E-state index contributed by atoms with van der Waals surface area (Å²) in [5.41, 5.74) is 0.627. The largest absolute Gasteiger partial charge is 0.468 e. The van der Waals surface area contributed by atoms with Crippen LogP contribution >= 0.6 is 0 Å². The lowest BCUT2D eigenvalue weighted by molar-refractivity contribution is -0.147. The number of halogens is 1. The molecule has 0 saturated heterocycles. The Balaban J connectivity index is 2.67. The number of nitrogens with one attached hydrogen (secondary N) is 1. The first-order chi connectivity index (χ1) is 7.86. The number of carbonyl (C=O) groups excluding carboxylic acids is 1. The Hall–Kier alpha value is -1.42. The molecule has 0 aromatic heterocycles. The lowest BCUT2D eigenvalue weighted by Crippen LogP contribution is -2.46. The van der Waals surface area contributed by atoms with Gasteiger partial charge in [-0.2, -0.15) is 0 Å². The summed E-state index contributed by atoms with van der Waals surface area (Å²) in [6.45, 7) is 5.58. The first-order valence-corrected chi connectivity index (χ1v) is 5.45. The van der Waals surface area contributed by atoms with Gasteiger partial charge in [0.05, 0.1) is 7.11 Å². The van der Waals surface area contributed by atoms with Crippen LogP contribution in [-0.2, 0) is 16.1 Å². The van der Waals surface area contributed by atoms with Gasteiger partial charge in [0.2, 0.25) is 0 Å². The number of hydrogen-bond donors (Lipinski definition) is 1. The topological polar surface area (TPSA) is 38.3 Å². The van der Waals surface area contributed by atoms with E-state index in [4.69, 9.17) is 0 Å². The number of ether oxygens (including phenoxy) is 1. The summed E-state index contributed by atoms with van der Waals surface area (Å²) in [4.78, 5) is 11.4. The molecule has 0 amide bonds. The predicted octanol–water partition coefficient (Wildman–Crippen LogP) is 2.18. The van der Waals surface area contributed by atoms with Crippen molar-refractivity contribution in [3.63, 3.8) is 0 Å². The Kier molecular flexibility index (Phi) is 4.23. The maximum Gasteiger partial charge on any atom is 0.325 e. The highest BCUT2D eigenvalue weighted by Crippen LogP contribution is 2.11. The molecule has 0 radical (unpaired) electrons. The lowest BCUT2D eigenvalue weighted by atomic mass is 10.0. The maximum atomic E-state index is 13.3. The Morgan fingerprint density at radius 1 is 1.47 bits per heavy atom. The van der Waals surface area contributed by atoms with E-state index in [0.717, 1.165) is 5.56 Å². The minimum Gasteiger partial charge on any atom is -0.468 e. The van der Waals surface area contributed by atoms with E-state index in [1.54, 1.807) is 26.8 Å². The van der Waals surface area contributed by atoms with Crippen LogP contribution in [0.25, 0.3) is 0 Å². The normalized spacial score (nSPS) is 11.4. The highest BCUT2D eigenvalue weighted by Gasteiger charge is 2.27. The number of carbonyl (C=O) groups is 1. The van der Waals surface area contributed by atoms with Gasteiger partial charge in [-0.05, 0) is 38.0 Å². The zero-order valence-corrected chi connectivity index (χ0v) is 10.6. The van der Waals surface area contributed by atoms with Crippen LogP contribution in [0.5, 0.6) is 0 Å². The second kappa shape index (κ2) is 5.27. The van der Waals surface area contributed by atoms with Crippen molar-refractivity contribution in [3.05, 3.63) is 35.1 Å². The van der Waals surface area contributed by atoms with Crippen LogP contribution in [0.2, 0.25) is 0 Å². The quantitative estimate of drug-likeness (QED) is 0.818. The Bertz CT molecular complexity index is 416. The molecule has 0 bridgehead atoms. The number of methoxy groups -OCH3 is 1. The van der Waals surface area contributed by atoms with Gasteiger partial charge in [-0.1, -0.05) is 12.1 Å². The molecular weight excluding hydrogens is 221 g/mol. The number of aryl methyl sites for hydroxylation is 1. The minimum atomic E-state index is -0.782. The molecule has 3 nitrogen and oxygen atoms in total. The summed E-state index contributed by atoms with van der Waals surface area (Å²) < 4.78 is 18.0. The number of rotatable bonds is 4. The summed E-state index contributed by atoms with van der Waals surface area (Å²) >= 11 is 0. The van der Waals surface area contributed by atoms with Gasteiger partial charge in [0, 0.05) is 6.54 Å². The van der Waals surface area contributed by atoms with Crippen LogP contribution in [0.15, 0.2) is 18.2 Å². The van der Waals surface area contributed by atoms with Crippen LogP contribution in [0.4, 0.5) is 4.39 Å². The molecule has 0 aliphatic heterocycles. The molecule has 0 aliphatic carbocycles. The van der Waals surface area contributed by atoms with E-state index in [1.165, 1.54) is 13.2 Å². The molecular formula is C13H18FNO2. The molecule has 1 rings (SSSR count). The summed E-state index contributed by atoms with van der Waals surface area (Å²) in [7, 11) is 1.34. The highest BCUT2D eigenvalue weighted by atomic mass is 19.1. The molecule has 17 heavy (non-hydrogen) atoms. The number of benzene rings is 1. The number of esters is 1. The van der Waals surface area contributed by atoms with Crippen LogP contribution in [0.1, 0.15) is 25.0 Å². The fourth-order valence-electron chi connectivity index (χ4n) is 1.40. The van der Waals surface area contributed by atoms with Crippen molar-refractivity contribution in [2.24, 2.45) is 0 Å². The second-order valence-electron chi connectivity index (χ2n) is 4.55. The van der Waals surface area contributed by atoms with E-state index in [1.807, 2.05) is 6.07 Å². The highest BCUT2D eigenvalue weighted by molar-refractivity contribution is 5.79. The van der Waals surface area contributed by atoms with Gasteiger partial charge in [0.25, 0.3) is 0 Å². The van der Waals surface area contributed by atoms with Gasteiger partial charge in [-0.3, -0.25) is 10.1 Å². The molecule has 1 aromatic carbocycles. The van der Waals surface area contributed by atoms with Crippen molar-refractivity contribution in [2.75, 3.05) is 7.11 Å². The van der Waals surface area contributed by atoms with Crippen molar-refractivity contribution in [3.8, 4) is 0 Å². The van der Waals surface area contributed by atoms with Crippen molar-refractivity contribution >= 4 is 5.97 Å². The van der Waals surface area contributed by atoms with Gasteiger partial charge in [0.1, 0.15) is 11.4 Å². The smallest absolute Gasteiger partial charge is 0.325 e. The third-order valence-corrected chi connectivity index (χ3v) is 2.67. The summed E-state index contributed by atoms with van der Waals surface area (Å²) in [6.07, 6.45) is 0. The molecule has 0 atom stereocenters. The molecule has 94 valence electrons. The third kappa shape index (κ3) is 3.53. The molecule has 0 heterocycles. The summed E-state index contributed by atoms with van der Waals surface area (Å²) in [5.74, 6) is -0.578. The third-order valence-electron chi connectivity index (χ3n) is 2.67. The van der Waals surface area contributed by atoms with Crippen LogP contribution in [0.3, 0.4) is 0 Å². The first kappa shape index (κ1) is 13.6. The van der Waals surface area contributed by atoms with E-state index in [9.17, 15) is 9.18 Å². The molecule has 0 aliphatic rings. The number of hydrogen-bond acceptors (Lipinski definition) is 3. The fourth-order valence-corrected chi connectivity index (χ4v) is 1.40. The standard InChI is InChI=1S/C13H18FNO2/c1-9-5-6-10(7-11(9)14)8-15-13(2,3)12(16)17-4/h5-7,15H,8H2,1-4H3. The minimum absolute atomic E-state index is 0.236. The zero-order valence-electron chi connectivity index (χ0n) is 10.6. The van der Waals surface area contributed by atoms with E-state index in [-0.39, 0.29) is 11.8 Å². The summed E-state index contributed by atoms with van der Waals surface area (Å²) in [6, 6.07) is 5.02. The molecule has 0 spiro atoms. The zero-order chi connectivity index (χ0) is 13.1. The van der Waals surface area contributed by atoms with E-state index in [0.29, 0.717) is 12.1 Å². The van der Waals surface area contributed by atoms with Gasteiger partial charge in [-0.25, -0.2) is 4.39 Å². The molecule has 4 heteroatoms. The average Bonchev–Trinajstić information content (AvgIpc) is 2.29. The van der Waals surface area contributed by atoms with E-state index >= 15 is 0 Å². The molecule has 0 saturated carbocycles. The van der Waals surface area contributed by atoms with Crippen molar-refractivity contribution in [1.29, 1.82) is 0 Å². The summed E-state index contributed by atoms with van der Waals surface area (Å²) in [5, 5.41) is 3.03. The van der Waals surface area contributed by atoms with Crippen LogP contribution < -0.4 is 5.32 Å². The monoisotopic (exact) mass is 239 g/mol.